The number of hydrogen-bond donors (Lipinski definition) is 4. The quantitative estimate of drug-likeness (QED) is 0.285. The van der Waals surface area contributed by atoms with Gasteiger partial charge < -0.3 is 44.2 Å². The molecule has 1 saturated heterocycles. The molecule has 0 aromatic rings. The van der Waals surface area contributed by atoms with Crippen molar-refractivity contribution in [1.82, 2.24) is 5.32 Å². The third-order valence-corrected chi connectivity index (χ3v) is 2.95. The van der Waals surface area contributed by atoms with E-state index in [0.717, 1.165) is 6.92 Å². The molecule has 0 radical (unpaired) electrons. The van der Waals surface area contributed by atoms with E-state index in [2.05, 4.69) is 9.84 Å². The molecule has 5 atom stereocenters. The SMILES string of the molecule is CC(=O)N[C@H]1[C@@H](O)[C@H](OP(=O)([O-])[O-])O[C@H](CO)[C@H]1O.[Na+].[Na+]. The number of amides is 1. The maximum atomic E-state index is 10.9. The number of nitrogens with one attached hydrogen (secondary N) is 1. The minimum Gasteiger partial charge on any atom is -0.790 e. The van der Waals surface area contributed by atoms with Crippen LogP contribution in [0.25, 0.3) is 0 Å². The maximum absolute atomic E-state index is 10.9. The van der Waals surface area contributed by atoms with E-state index in [9.17, 15) is 29.4 Å². The van der Waals surface area contributed by atoms with Crippen LogP contribution in [0.5, 0.6) is 0 Å². The first kappa shape index (κ1) is 24.7. The summed E-state index contributed by atoms with van der Waals surface area (Å²) in [4.78, 5) is 31.9. The molecular weight excluding hydrogens is 331 g/mol. The maximum Gasteiger partial charge on any atom is 1.00 e. The van der Waals surface area contributed by atoms with Gasteiger partial charge in [0.25, 0.3) is 0 Å². The van der Waals surface area contributed by atoms with Gasteiger partial charge in [0, 0.05) is 6.92 Å². The second-order valence-electron chi connectivity index (χ2n) is 3.99. The summed E-state index contributed by atoms with van der Waals surface area (Å²) in [6, 6.07) is -1.35. The average molecular weight is 345 g/mol. The molecule has 13 heteroatoms. The summed E-state index contributed by atoms with van der Waals surface area (Å²) in [7, 11) is -5.45. The molecule has 0 aromatic heterocycles. The van der Waals surface area contributed by atoms with Crippen LogP contribution in [0.15, 0.2) is 0 Å². The average Bonchev–Trinajstić information content (AvgIpc) is 2.26. The normalized spacial score (nSPS) is 32.6. The van der Waals surface area contributed by atoms with Crippen LogP contribution in [0.2, 0.25) is 0 Å². The predicted molar refractivity (Wildman–Crippen MR) is 54.1 cm³/mol. The second-order valence-corrected chi connectivity index (χ2v) is 5.09. The molecule has 1 aliphatic rings. The number of hydrogen-bond acceptors (Lipinski definition) is 9. The van der Waals surface area contributed by atoms with Gasteiger partial charge in [-0.15, -0.1) is 0 Å². The van der Waals surface area contributed by atoms with Gasteiger partial charge in [0.05, 0.1) is 20.5 Å². The molecule has 4 N–H and O–H groups in total. The molecule has 0 aromatic carbocycles. The summed E-state index contributed by atoms with van der Waals surface area (Å²) in [5.41, 5.74) is 0. The molecule has 0 aliphatic carbocycles. The van der Waals surface area contributed by atoms with E-state index in [0.29, 0.717) is 0 Å². The van der Waals surface area contributed by atoms with E-state index in [4.69, 9.17) is 9.84 Å². The first-order valence-corrected chi connectivity index (χ1v) is 6.72. The topological polar surface area (TPSA) is 171 Å². The Balaban J connectivity index is 0. The number of aliphatic hydroxyl groups excluding tert-OH is 3. The van der Waals surface area contributed by atoms with Crippen LogP contribution in [0.1, 0.15) is 6.92 Å². The van der Waals surface area contributed by atoms with Crippen molar-refractivity contribution in [1.29, 1.82) is 0 Å². The number of phosphoric acid groups is 1. The number of aliphatic hydroxyl groups is 3. The van der Waals surface area contributed by atoms with Crippen molar-refractivity contribution in [2.45, 2.75) is 37.6 Å². The molecule has 1 aliphatic heterocycles. The Labute approximate surface area is 165 Å². The fourth-order valence-electron chi connectivity index (χ4n) is 1.71. The van der Waals surface area contributed by atoms with Crippen LogP contribution >= 0.6 is 7.82 Å². The van der Waals surface area contributed by atoms with Crippen molar-refractivity contribution in [3.8, 4) is 0 Å². The van der Waals surface area contributed by atoms with Crippen molar-refractivity contribution in [2.75, 3.05) is 6.61 Å². The molecule has 0 unspecified atom stereocenters. The van der Waals surface area contributed by atoms with E-state index in [1.54, 1.807) is 0 Å². The molecule has 1 fully saturated rings. The van der Waals surface area contributed by atoms with Crippen LogP contribution in [-0.4, -0.2) is 58.5 Å². The third kappa shape index (κ3) is 7.69. The first-order chi connectivity index (χ1) is 8.65. The Morgan fingerprint density at radius 3 is 2.24 bits per heavy atom. The third-order valence-electron chi connectivity index (χ3n) is 2.49. The zero-order valence-corrected chi connectivity index (χ0v) is 16.7. The number of carbonyl (C=O) groups is 1. The van der Waals surface area contributed by atoms with Crippen molar-refractivity contribution in [3.05, 3.63) is 0 Å². The van der Waals surface area contributed by atoms with Crippen LogP contribution in [0.3, 0.4) is 0 Å². The van der Waals surface area contributed by atoms with Gasteiger partial charge >= 0.3 is 59.1 Å². The molecule has 0 saturated carbocycles. The van der Waals surface area contributed by atoms with Crippen molar-refractivity contribution in [2.24, 2.45) is 0 Å². The zero-order chi connectivity index (χ0) is 14.8. The number of phosphoric ester groups is 1. The molecule has 1 rings (SSSR count). The van der Waals surface area contributed by atoms with E-state index in [1.807, 2.05) is 0 Å². The summed E-state index contributed by atoms with van der Waals surface area (Å²) in [5.74, 6) is -0.618. The van der Waals surface area contributed by atoms with Gasteiger partial charge in [-0.05, 0) is 0 Å². The summed E-state index contributed by atoms with van der Waals surface area (Å²) < 4.78 is 19.2. The van der Waals surface area contributed by atoms with Crippen molar-refractivity contribution >= 4 is 13.7 Å². The summed E-state index contributed by atoms with van der Waals surface area (Å²) in [5, 5.41) is 30.6. The number of rotatable bonds is 4. The second kappa shape index (κ2) is 10.3. The minimum atomic E-state index is -5.45. The Kier molecular flexibility index (Phi) is 12.1. The van der Waals surface area contributed by atoms with Crippen LogP contribution < -0.4 is 74.2 Å². The molecule has 0 bridgehead atoms. The molecule has 21 heavy (non-hydrogen) atoms. The molecule has 10 nitrogen and oxygen atoms in total. The van der Waals surface area contributed by atoms with E-state index < -0.39 is 51.0 Å². The van der Waals surface area contributed by atoms with Gasteiger partial charge in [-0.2, -0.15) is 0 Å². The fraction of sp³-hybridized carbons (Fsp3) is 0.875. The summed E-state index contributed by atoms with van der Waals surface area (Å²) >= 11 is 0. The van der Waals surface area contributed by atoms with Crippen LogP contribution in [0.4, 0.5) is 0 Å². The van der Waals surface area contributed by atoms with E-state index in [-0.39, 0.29) is 59.1 Å². The Morgan fingerprint density at radius 1 is 1.33 bits per heavy atom. The molecular formula is C8H14NNa2O9P. The van der Waals surface area contributed by atoms with E-state index >= 15 is 0 Å². The minimum absolute atomic E-state index is 0. The molecule has 112 valence electrons. The van der Waals surface area contributed by atoms with Gasteiger partial charge in [-0.25, -0.2) is 0 Å². The van der Waals surface area contributed by atoms with Crippen LogP contribution in [0, 0.1) is 0 Å². The predicted octanol–water partition coefficient (Wildman–Crippen LogP) is -10.2. The first-order valence-electron chi connectivity index (χ1n) is 5.25. The van der Waals surface area contributed by atoms with Crippen molar-refractivity contribution < 1.29 is 103 Å². The Hall–Kier alpha value is 1.42. The fourth-order valence-corrected chi connectivity index (χ4v) is 2.14. The van der Waals surface area contributed by atoms with Gasteiger partial charge in [-0.3, -0.25) is 4.79 Å². The number of carbonyl (C=O) groups excluding carboxylic acids is 1. The van der Waals surface area contributed by atoms with Gasteiger partial charge in [0.15, 0.2) is 6.29 Å². The zero-order valence-electron chi connectivity index (χ0n) is 11.8. The van der Waals surface area contributed by atoms with E-state index in [1.165, 1.54) is 0 Å². The smallest absolute Gasteiger partial charge is 0.790 e. The van der Waals surface area contributed by atoms with Gasteiger partial charge in [0.1, 0.15) is 18.3 Å². The van der Waals surface area contributed by atoms with Gasteiger partial charge in [-0.1, -0.05) is 0 Å². The molecule has 1 heterocycles. The Bertz CT molecular complexity index is 381. The molecule has 1 amide bonds. The summed E-state index contributed by atoms with van der Waals surface area (Å²) in [6.07, 6.45) is -6.53. The summed E-state index contributed by atoms with van der Waals surface area (Å²) in [6.45, 7) is 0.372. The number of ether oxygens (including phenoxy) is 1. The standard InChI is InChI=1S/C8H16NO9P.2Na/c1-3(11)9-5-6(12)4(2-10)17-8(7(5)13)18-19(14,15)16;;/h4-8,10,12-13H,2H2,1H3,(H,9,11)(H2,14,15,16);;/q;2*+1/p-2/t4-,5-,6-,7-,8+;;/m1../s1. The largest absolute Gasteiger partial charge is 1.00 e. The molecule has 0 spiro atoms. The monoisotopic (exact) mass is 345 g/mol. The van der Waals surface area contributed by atoms with Crippen LogP contribution in [-0.2, 0) is 18.6 Å². The Morgan fingerprint density at radius 2 is 1.86 bits per heavy atom. The van der Waals surface area contributed by atoms with Crippen molar-refractivity contribution in [3.63, 3.8) is 0 Å². The van der Waals surface area contributed by atoms with Gasteiger partial charge in [0.2, 0.25) is 5.91 Å².